The zero-order chi connectivity index (χ0) is 20.4. The highest BCUT2D eigenvalue weighted by molar-refractivity contribution is 6.35. The number of aryl methyl sites for hydroxylation is 1. The number of benzene rings is 2. The van der Waals surface area contributed by atoms with Gasteiger partial charge < -0.3 is 10.0 Å². The van der Waals surface area contributed by atoms with Crippen molar-refractivity contribution in [2.45, 2.75) is 20.1 Å². The molecule has 0 aliphatic carbocycles. The highest BCUT2D eigenvalue weighted by Gasteiger charge is 2.23. The lowest BCUT2D eigenvalue weighted by Gasteiger charge is -2.17. The number of aliphatic hydroxyl groups excluding tert-OH is 1. The number of carbonyl (C=O) groups is 1. The Labute approximate surface area is 174 Å². The summed E-state index contributed by atoms with van der Waals surface area (Å²) in [7, 11) is 3.87. The van der Waals surface area contributed by atoms with Gasteiger partial charge in [-0.1, -0.05) is 35.3 Å². The fourth-order valence-corrected chi connectivity index (χ4v) is 3.55. The Kier molecular flexibility index (Phi) is 6.20. The highest BCUT2D eigenvalue weighted by Crippen LogP contribution is 2.29. The van der Waals surface area contributed by atoms with E-state index in [1.807, 2.05) is 30.5 Å². The number of nitrogens with zero attached hydrogens (tertiary/aromatic N) is 3. The summed E-state index contributed by atoms with van der Waals surface area (Å²) in [6.45, 7) is 2.19. The maximum atomic E-state index is 13.3. The van der Waals surface area contributed by atoms with Crippen LogP contribution in [0.1, 0.15) is 33.1 Å². The van der Waals surface area contributed by atoms with E-state index in [1.165, 1.54) is 0 Å². The number of imidazole rings is 1. The molecule has 5 nitrogen and oxygen atoms in total. The van der Waals surface area contributed by atoms with Gasteiger partial charge in [-0.05, 0) is 51.4 Å². The van der Waals surface area contributed by atoms with Gasteiger partial charge >= 0.3 is 0 Å². The van der Waals surface area contributed by atoms with Crippen LogP contribution in [0.3, 0.4) is 0 Å². The normalized spacial score (nSPS) is 11.2. The van der Waals surface area contributed by atoms with Crippen molar-refractivity contribution >= 4 is 29.0 Å². The van der Waals surface area contributed by atoms with Crippen LogP contribution >= 0.6 is 23.2 Å². The second-order valence-corrected chi connectivity index (χ2v) is 7.61. The van der Waals surface area contributed by atoms with E-state index in [4.69, 9.17) is 23.2 Å². The zero-order valence-corrected chi connectivity index (χ0v) is 17.4. The SMILES string of the molecule is Cc1nc(CN(C)C)n(-c2ccc(Cl)cc2C(=O)c2ccccc2Cl)c1CO. The third kappa shape index (κ3) is 3.98. The molecule has 0 saturated heterocycles. The molecule has 0 aliphatic rings. The van der Waals surface area contributed by atoms with Gasteiger partial charge in [-0.3, -0.25) is 9.36 Å². The number of ketones is 1. The first kappa shape index (κ1) is 20.6. The van der Waals surface area contributed by atoms with Crippen LogP contribution in [0.5, 0.6) is 0 Å². The topological polar surface area (TPSA) is 58.4 Å². The summed E-state index contributed by atoms with van der Waals surface area (Å²) in [5.41, 5.74) is 2.74. The molecule has 0 saturated carbocycles. The molecule has 0 amide bonds. The lowest BCUT2D eigenvalue weighted by molar-refractivity contribution is 0.103. The van der Waals surface area contributed by atoms with Gasteiger partial charge in [-0.25, -0.2) is 4.98 Å². The Bertz CT molecular complexity index is 1030. The molecule has 0 atom stereocenters. The molecule has 7 heteroatoms. The molecule has 0 fully saturated rings. The Morgan fingerprint density at radius 2 is 1.86 bits per heavy atom. The second kappa shape index (κ2) is 8.45. The second-order valence-electron chi connectivity index (χ2n) is 6.76. The van der Waals surface area contributed by atoms with Crippen molar-refractivity contribution in [1.29, 1.82) is 0 Å². The molecule has 0 radical (unpaired) electrons. The lowest BCUT2D eigenvalue weighted by atomic mass is 10.0. The van der Waals surface area contributed by atoms with Gasteiger partial charge in [-0.15, -0.1) is 0 Å². The smallest absolute Gasteiger partial charge is 0.196 e. The van der Waals surface area contributed by atoms with Gasteiger partial charge in [0.15, 0.2) is 5.78 Å². The average molecular weight is 418 g/mol. The molecule has 1 heterocycles. The fourth-order valence-electron chi connectivity index (χ4n) is 3.16. The van der Waals surface area contributed by atoms with E-state index in [9.17, 15) is 9.90 Å². The van der Waals surface area contributed by atoms with Crippen molar-refractivity contribution in [2.75, 3.05) is 14.1 Å². The number of rotatable bonds is 6. The first-order valence-electron chi connectivity index (χ1n) is 8.75. The predicted molar refractivity (Wildman–Crippen MR) is 112 cm³/mol. The molecule has 1 N–H and O–H groups in total. The van der Waals surface area contributed by atoms with Crippen molar-refractivity contribution in [3.8, 4) is 5.69 Å². The molecule has 0 unspecified atom stereocenters. The fraction of sp³-hybridized carbons (Fsp3) is 0.238. The Balaban J connectivity index is 2.25. The minimum absolute atomic E-state index is 0.200. The minimum Gasteiger partial charge on any atom is -0.390 e. The Morgan fingerprint density at radius 3 is 2.50 bits per heavy atom. The number of halogens is 2. The van der Waals surface area contributed by atoms with E-state index in [-0.39, 0.29) is 12.4 Å². The molecular weight excluding hydrogens is 397 g/mol. The molecule has 28 heavy (non-hydrogen) atoms. The summed E-state index contributed by atoms with van der Waals surface area (Å²) in [5.74, 6) is 0.483. The van der Waals surface area contributed by atoms with Gasteiger partial charge in [0.2, 0.25) is 0 Å². The summed E-state index contributed by atoms with van der Waals surface area (Å²) in [4.78, 5) is 19.9. The van der Waals surface area contributed by atoms with E-state index >= 15 is 0 Å². The van der Waals surface area contributed by atoms with Crippen molar-refractivity contribution in [2.24, 2.45) is 0 Å². The molecule has 0 spiro atoms. The number of carbonyl (C=O) groups excluding carboxylic acids is 1. The van der Waals surface area contributed by atoms with Crippen LogP contribution in [-0.4, -0.2) is 39.4 Å². The summed E-state index contributed by atoms with van der Waals surface area (Å²) < 4.78 is 1.83. The number of hydrogen-bond acceptors (Lipinski definition) is 4. The first-order valence-corrected chi connectivity index (χ1v) is 9.51. The largest absolute Gasteiger partial charge is 0.390 e. The van der Waals surface area contributed by atoms with Crippen molar-refractivity contribution in [3.05, 3.63) is 80.8 Å². The van der Waals surface area contributed by atoms with E-state index < -0.39 is 0 Å². The number of aromatic nitrogens is 2. The summed E-state index contributed by atoms with van der Waals surface area (Å²) in [6.07, 6.45) is 0. The van der Waals surface area contributed by atoms with Crippen molar-refractivity contribution < 1.29 is 9.90 Å². The van der Waals surface area contributed by atoms with E-state index in [0.717, 1.165) is 5.82 Å². The van der Waals surface area contributed by atoms with Gasteiger partial charge in [0.05, 0.1) is 35.2 Å². The summed E-state index contributed by atoms with van der Waals surface area (Å²) in [6, 6.07) is 12.0. The third-order valence-electron chi connectivity index (χ3n) is 4.41. The molecule has 3 aromatic rings. The van der Waals surface area contributed by atoms with Crippen LogP contribution in [0.25, 0.3) is 5.69 Å². The molecule has 0 aliphatic heterocycles. The van der Waals surface area contributed by atoms with Gasteiger partial charge in [-0.2, -0.15) is 0 Å². The van der Waals surface area contributed by atoms with Crippen LogP contribution in [0.4, 0.5) is 0 Å². The lowest BCUT2D eigenvalue weighted by Crippen LogP contribution is -2.18. The maximum absolute atomic E-state index is 13.3. The van der Waals surface area contributed by atoms with Crippen LogP contribution in [-0.2, 0) is 13.2 Å². The summed E-state index contributed by atoms with van der Waals surface area (Å²) >= 11 is 12.5. The van der Waals surface area contributed by atoms with Crippen LogP contribution in [0.15, 0.2) is 42.5 Å². The standard InChI is InChI=1S/C21H21Cl2N3O2/c1-13-19(12-27)26(20(24-13)11-25(2)3)18-9-8-14(22)10-16(18)21(28)15-6-4-5-7-17(15)23/h4-10,27H,11-12H2,1-3H3. The zero-order valence-electron chi connectivity index (χ0n) is 15.9. The maximum Gasteiger partial charge on any atom is 0.196 e. The average Bonchev–Trinajstić information content (AvgIpc) is 2.95. The molecule has 1 aromatic heterocycles. The molecule has 3 rings (SSSR count). The molecule has 2 aromatic carbocycles. The monoisotopic (exact) mass is 417 g/mol. The number of hydrogen-bond donors (Lipinski definition) is 1. The summed E-state index contributed by atoms with van der Waals surface area (Å²) in [5, 5.41) is 10.8. The Hall–Kier alpha value is -2.18. The minimum atomic E-state index is -0.242. The highest BCUT2D eigenvalue weighted by atomic mass is 35.5. The predicted octanol–water partition coefficient (Wildman–Crippen LogP) is 4.27. The van der Waals surface area contributed by atoms with Gasteiger partial charge in [0, 0.05) is 16.1 Å². The quantitative estimate of drug-likeness (QED) is 0.608. The van der Waals surface area contributed by atoms with E-state index in [0.29, 0.717) is 44.8 Å². The van der Waals surface area contributed by atoms with Crippen molar-refractivity contribution in [3.63, 3.8) is 0 Å². The molecule has 146 valence electrons. The third-order valence-corrected chi connectivity index (χ3v) is 4.98. The van der Waals surface area contributed by atoms with Crippen LogP contribution in [0.2, 0.25) is 10.0 Å². The van der Waals surface area contributed by atoms with E-state index in [1.54, 1.807) is 42.5 Å². The van der Waals surface area contributed by atoms with Gasteiger partial charge in [0.1, 0.15) is 5.82 Å². The van der Waals surface area contributed by atoms with Gasteiger partial charge in [0.25, 0.3) is 0 Å². The van der Waals surface area contributed by atoms with Crippen LogP contribution < -0.4 is 0 Å². The van der Waals surface area contributed by atoms with Crippen molar-refractivity contribution in [1.82, 2.24) is 14.5 Å². The molecule has 0 bridgehead atoms. The molecular formula is C21H21Cl2N3O2. The number of aliphatic hydroxyl groups is 1. The van der Waals surface area contributed by atoms with Crippen LogP contribution in [0, 0.1) is 6.92 Å². The first-order chi connectivity index (χ1) is 13.3. The van der Waals surface area contributed by atoms with E-state index in [2.05, 4.69) is 4.98 Å². The Morgan fingerprint density at radius 1 is 1.14 bits per heavy atom.